The minimum absolute atomic E-state index is 0.0133. The number of hydrogen-bond acceptors (Lipinski definition) is 7. The number of benzene rings is 1. The van der Waals surface area contributed by atoms with Crippen molar-refractivity contribution in [1.29, 1.82) is 0 Å². The van der Waals surface area contributed by atoms with Crippen molar-refractivity contribution in [3.05, 3.63) is 35.9 Å². The van der Waals surface area contributed by atoms with Crippen LogP contribution in [0.3, 0.4) is 0 Å². The van der Waals surface area contributed by atoms with E-state index >= 15 is 0 Å². The fourth-order valence-corrected chi connectivity index (χ4v) is 3.37. The largest absolute Gasteiger partial charge is 0.481 e. The summed E-state index contributed by atoms with van der Waals surface area (Å²) in [5.74, 6) is -6.30. The highest BCUT2D eigenvalue weighted by molar-refractivity contribution is 5.96. The molecule has 0 radical (unpaired) electrons. The molecule has 9 N–H and O–H groups in total. The zero-order valence-electron chi connectivity index (χ0n) is 20.8. The standard InChI is InChI=1S/C24H35N5O8/c1-3-13(2)20(24(36)37)29-23(35)16(11-14-7-5-4-6-8-14)28-22(34)17(12-18(26)30)27-21(33)15(25)9-10-19(31)32/h4-8,13,15-17,20H,3,9-12,25H2,1-2H3,(H2,26,30)(H,27,33)(H,28,34)(H,29,35)(H,31,32)(H,36,37). The Hall–Kier alpha value is -4.00. The Morgan fingerprint density at radius 3 is 1.97 bits per heavy atom. The number of amides is 4. The Labute approximate surface area is 214 Å². The molecular weight excluding hydrogens is 486 g/mol. The molecule has 0 saturated carbocycles. The number of carbonyl (C=O) groups is 6. The summed E-state index contributed by atoms with van der Waals surface area (Å²) in [6.07, 6.45) is -0.755. The fraction of sp³-hybridized carbons (Fsp3) is 0.500. The van der Waals surface area contributed by atoms with Crippen LogP contribution in [0.15, 0.2) is 30.3 Å². The Bertz CT molecular complexity index is 971. The van der Waals surface area contributed by atoms with Crippen molar-refractivity contribution >= 4 is 35.6 Å². The van der Waals surface area contributed by atoms with Crippen molar-refractivity contribution < 1.29 is 39.0 Å². The highest BCUT2D eigenvalue weighted by Gasteiger charge is 2.32. The molecule has 0 aliphatic rings. The first kappa shape index (κ1) is 31.0. The third kappa shape index (κ3) is 11.1. The highest BCUT2D eigenvalue weighted by Crippen LogP contribution is 2.10. The number of hydrogen-bond donors (Lipinski definition) is 7. The van der Waals surface area contributed by atoms with Gasteiger partial charge in [-0.25, -0.2) is 4.79 Å². The molecule has 4 amide bonds. The van der Waals surface area contributed by atoms with E-state index in [2.05, 4.69) is 16.0 Å². The zero-order chi connectivity index (χ0) is 28.1. The number of rotatable bonds is 16. The molecule has 5 unspecified atom stereocenters. The van der Waals surface area contributed by atoms with Crippen molar-refractivity contribution in [3.63, 3.8) is 0 Å². The van der Waals surface area contributed by atoms with Crippen molar-refractivity contribution in [2.45, 2.75) is 70.1 Å². The van der Waals surface area contributed by atoms with Crippen LogP contribution in [0, 0.1) is 5.92 Å². The quantitative estimate of drug-likeness (QED) is 0.139. The molecule has 1 aromatic carbocycles. The van der Waals surface area contributed by atoms with Gasteiger partial charge >= 0.3 is 11.9 Å². The third-order valence-corrected chi connectivity index (χ3v) is 5.74. The first-order valence-electron chi connectivity index (χ1n) is 11.8. The van der Waals surface area contributed by atoms with Gasteiger partial charge in [0.2, 0.25) is 23.6 Å². The van der Waals surface area contributed by atoms with Gasteiger partial charge in [0.15, 0.2) is 0 Å². The Morgan fingerprint density at radius 1 is 0.892 bits per heavy atom. The fourth-order valence-electron chi connectivity index (χ4n) is 3.37. The molecule has 1 aromatic rings. The molecule has 37 heavy (non-hydrogen) atoms. The first-order chi connectivity index (χ1) is 17.3. The van der Waals surface area contributed by atoms with Crippen molar-refractivity contribution in [3.8, 4) is 0 Å². The molecule has 13 heteroatoms. The molecule has 0 saturated heterocycles. The zero-order valence-corrected chi connectivity index (χ0v) is 20.8. The van der Waals surface area contributed by atoms with E-state index in [1.807, 2.05) is 0 Å². The molecule has 5 atom stereocenters. The number of carboxylic acid groups (broad SMARTS) is 2. The maximum absolute atomic E-state index is 13.1. The summed E-state index contributed by atoms with van der Waals surface area (Å²) >= 11 is 0. The van der Waals surface area contributed by atoms with Crippen molar-refractivity contribution in [1.82, 2.24) is 16.0 Å². The molecule has 204 valence electrons. The lowest BCUT2D eigenvalue weighted by molar-refractivity contribution is -0.144. The molecule has 0 heterocycles. The van der Waals surface area contributed by atoms with E-state index < -0.39 is 72.1 Å². The van der Waals surface area contributed by atoms with Gasteiger partial charge in [-0.3, -0.25) is 24.0 Å². The number of aliphatic carboxylic acids is 2. The Morgan fingerprint density at radius 2 is 1.46 bits per heavy atom. The average molecular weight is 522 g/mol. The lowest BCUT2D eigenvalue weighted by Gasteiger charge is -2.26. The van der Waals surface area contributed by atoms with Crippen LogP contribution < -0.4 is 27.4 Å². The van der Waals surface area contributed by atoms with Gasteiger partial charge in [0.25, 0.3) is 0 Å². The minimum atomic E-state index is -1.50. The van der Waals surface area contributed by atoms with Gasteiger partial charge in [0.05, 0.1) is 12.5 Å². The van der Waals surface area contributed by atoms with Crippen molar-refractivity contribution in [2.24, 2.45) is 17.4 Å². The summed E-state index contributed by atoms with van der Waals surface area (Å²) in [6.45, 7) is 3.43. The maximum atomic E-state index is 13.1. The highest BCUT2D eigenvalue weighted by atomic mass is 16.4. The smallest absolute Gasteiger partial charge is 0.326 e. The number of nitrogens with one attached hydrogen (secondary N) is 3. The van der Waals surface area contributed by atoms with Crippen LogP contribution in [-0.4, -0.2) is 69.9 Å². The van der Waals surface area contributed by atoms with Crippen LogP contribution in [0.1, 0.15) is 45.1 Å². The van der Waals surface area contributed by atoms with E-state index in [4.69, 9.17) is 16.6 Å². The molecule has 0 spiro atoms. The second-order valence-corrected chi connectivity index (χ2v) is 8.73. The minimum Gasteiger partial charge on any atom is -0.481 e. The second-order valence-electron chi connectivity index (χ2n) is 8.73. The van der Waals surface area contributed by atoms with Crippen LogP contribution in [0.2, 0.25) is 0 Å². The summed E-state index contributed by atoms with van der Waals surface area (Å²) in [7, 11) is 0. The van der Waals surface area contributed by atoms with Gasteiger partial charge in [-0.15, -0.1) is 0 Å². The molecule has 0 aliphatic carbocycles. The van der Waals surface area contributed by atoms with Crippen LogP contribution in [0.4, 0.5) is 0 Å². The number of nitrogens with two attached hydrogens (primary N) is 2. The molecule has 1 rings (SSSR count). The summed E-state index contributed by atoms with van der Waals surface area (Å²) in [5, 5.41) is 25.5. The van der Waals surface area contributed by atoms with Gasteiger partial charge in [-0.2, -0.15) is 0 Å². The normalized spacial score (nSPS) is 14.8. The topological polar surface area (TPSA) is 231 Å². The summed E-state index contributed by atoms with van der Waals surface area (Å²) < 4.78 is 0. The van der Waals surface area contributed by atoms with E-state index in [-0.39, 0.29) is 19.3 Å². The van der Waals surface area contributed by atoms with E-state index in [1.54, 1.807) is 44.2 Å². The third-order valence-electron chi connectivity index (χ3n) is 5.74. The van der Waals surface area contributed by atoms with E-state index in [9.17, 15) is 33.9 Å². The Balaban J connectivity index is 3.13. The lowest BCUT2D eigenvalue weighted by Crippen LogP contribution is -2.58. The van der Waals surface area contributed by atoms with Crippen LogP contribution in [0.5, 0.6) is 0 Å². The lowest BCUT2D eigenvalue weighted by atomic mass is 9.98. The summed E-state index contributed by atoms with van der Waals surface area (Å²) in [6, 6.07) is 3.38. The van der Waals surface area contributed by atoms with E-state index in [0.29, 0.717) is 12.0 Å². The van der Waals surface area contributed by atoms with Crippen LogP contribution >= 0.6 is 0 Å². The number of carbonyl (C=O) groups excluding carboxylic acids is 4. The van der Waals surface area contributed by atoms with E-state index in [0.717, 1.165) is 0 Å². The predicted molar refractivity (Wildman–Crippen MR) is 132 cm³/mol. The number of primary amides is 1. The Kier molecular flexibility index (Phi) is 12.7. The van der Waals surface area contributed by atoms with Crippen LogP contribution in [-0.2, 0) is 35.2 Å². The first-order valence-corrected chi connectivity index (χ1v) is 11.8. The molecule has 0 aromatic heterocycles. The van der Waals surface area contributed by atoms with Gasteiger partial charge in [0, 0.05) is 12.8 Å². The summed E-state index contributed by atoms with van der Waals surface area (Å²) in [5.41, 5.74) is 11.6. The molecule has 0 bridgehead atoms. The second kappa shape index (κ2) is 15.2. The average Bonchev–Trinajstić information content (AvgIpc) is 2.84. The summed E-state index contributed by atoms with van der Waals surface area (Å²) in [4.78, 5) is 72.5. The predicted octanol–water partition coefficient (Wildman–Crippen LogP) is -1.12. The van der Waals surface area contributed by atoms with Crippen molar-refractivity contribution in [2.75, 3.05) is 0 Å². The van der Waals surface area contributed by atoms with Gasteiger partial charge in [-0.05, 0) is 17.9 Å². The maximum Gasteiger partial charge on any atom is 0.326 e. The molecule has 13 nitrogen and oxygen atoms in total. The van der Waals surface area contributed by atoms with Gasteiger partial charge in [0.1, 0.15) is 18.1 Å². The van der Waals surface area contributed by atoms with Gasteiger partial charge < -0.3 is 37.6 Å². The van der Waals surface area contributed by atoms with Gasteiger partial charge in [-0.1, -0.05) is 50.6 Å². The monoisotopic (exact) mass is 521 g/mol. The van der Waals surface area contributed by atoms with E-state index in [1.165, 1.54) is 0 Å². The number of carboxylic acids is 2. The molecular formula is C24H35N5O8. The molecule has 0 aliphatic heterocycles. The van der Waals surface area contributed by atoms with Crippen LogP contribution in [0.25, 0.3) is 0 Å². The SMILES string of the molecule is CCC(C)C(NC(=O)C(Cc1ccccc1)NC(=O)C(CC(N)=O)NC(=O)C(N)CCC(=O)O)C(=O)O. The molecule has 0 fully saturated rings.